The molecule has 0 aromatic heterocycles. The number of primary amides is 1. The normalized spacial score (nSPS) is 34.3. The number of sulfone groups is 1. The molecule has 2 aliphatic heterocycles. The maximum Gasteiger partial charge on any atom is 0.268 e. The highest BCUT2D eigenvalue weighted by Gasteiger charge is 2.77. The first-order valence-electron chi connectivity index (χ1n) is 5.63. The van der Waals surface area contributed by atoms with Gasteiger partial charge in [-0.25, -0.2) is 8.42 Å². The lowest BCUT2D eigenvalue weighted by Gasteiger charge is -2.23. The summed E-state index contributed by atoms with van der Waals surface area (Å²) in [5, 5.41) is 9.17. The number of hydrogen-bond donors (Lipinski definition) is 1. The Balaban J connectivity index is 2.25. The molecule has 2 atom stereocenters. The van der Waals surface area contributed by atoms with Crippen LogP contribution in [-0.2, 0) is 25.0 Å². The minimum Gasteiger partial charge on any atom is -0.366 e. The Morgan fingerprint density at radius 1 is 1.42 bits per heavy atom. The van der Waals surface area contributed by atoms with Crippen molar-refractivity contribution in [1.82, 2.24) is 0 Å². The summed E-state index contributed by atoms with van der Waals surface area (Å²) in [5.41, 5.74) is 2.62. The molecular formula is C12H10N2O4S. The number of nitrogens with zero attached hydrogens (tertiary/aromatic N) is 1. The highest BCUT2D eigenvalue weighted by Crippen LogP contribution is 2.61. The van der Waals surface area contributed by atoms with Gasteiger partial charge in [0.05, 0.1) is 10.6 Å². The topological polar surface area (TPSA) is 114 Å². The summed E-state index contributed by atoms with van der Waals surface area (Å²) in [4.78, 5) is 11.6. The predicted octanol–water partition coefficient (Wildman–Crippen LogP) is -0.163. The van der Waals surface area contributed by atoms with Crippen LogP contribution in [0.15, 0.2) is 29.2 Å². The number of fused-ring (bicyclic) bond motifs is 2. The molecule has 2 heterocycles. The standard InChI is InChI=1S/C12H10N2O4S/c13-7-12(10(14)15)11(18-12)5-6-19(16,17)9-4-2-1-3-8(9)11/h1-4H,5-6H2,(H2,14,15)/t11-,12-/m1/s1. The van der Waals surface area contributed by atoms with E-state index in [0.29, 0.717) is 5.56 Å². The number of epoxide rings is 1. The van der Waals surface area contributed by atoms with Crippen LogP contribution in [0.4, 0.5) is 0 Å². The molecular weight excluding hydrogens is 268 g/mol. The van der Waals surface area contributed by atoms with Crippen LogP contribution in [0.1, 0.15) is 12.0 Å². The van der Waals surface area contributed by atoms with E-state index in [1.165, 1.54) is 6.07 Å². The number of benzene rings is 1. The fourth-order valence-corrected chi connectivity index (χ4v) is 4.35. The number of ether oxygens (including phenoxy) is 1. The van der Waals surface area contributed by atoms with Crippen LogP contribution in [0.3, 0.4) is 0 Å². The molecule has 0 saturated carbocycles. The zero-order valence-electron chi connectivity index (χ0n) is 9.79. The van der Waals surface area contributed by atoms with Gasteiger partial charge in [0, 0.05) is 5.56 Å². The lowest BCUT2D eigenvalue weighted by Crippen LogP contribution is -2.40. The zero-order chi connectivity index (χ0) is 13.9. The smallest absolute Gasteiger partial charge is 0.268 e. The number of carbonyl (C=O) groups is 1. The Morgan fingerprint density at radius 2 is 2.11 bits per heavy atom. The monoisotopic (exact) mass is 278 g/mol. The number of carbonyl (C=O) groups excluding carboxylic acids is 1. The van der Waals surface area contributed by atoms with Gasteiger partial charge in [0.2, 0.25) is 0 Å². The van der Waals surface area contributed by atoms with Gasteiger partial charge in [-0.15, -0.1) is 0 Å². The van der Waals surface area contributed by atoms with Crippen LogP contribution in [-0.4, -0.2) is 25.7 Å². The number of amides is 1. The van der Waals surface area contributed by atoms with Gasteiger partial charge in [0.15, 0.2) is 9.84 Å². The van der Waals surface area contributed by atoms with Crippen molar-refractivity contribution in [3.63, 3.8) is 0 Å². The van der Waals surface area contributed by atoms with Crippen LogP contribution in [0.2, 0.25) is 0 Å². The van der Waals surface area contributed by atoms with Gasteiger partial charge in [-0.3, -0.25) is 4.79 Å². The largest absolute Gasteiger partial charge is 0.366 e. The Hall–Kier alpha value is -1.91. The molecule has 1 saturated heterocycles. The summed E-state index contributed by atoms with van der Waals surface area (Å²) < 4.78 is 29.4. The molecule has 1 amide bonds. The van der Waals surface area contributed by atoms with Crippen molar-refractivity contribution in [3.8, 4) is 6.07 Å². The molecule has 19 heavy (non-hydrogen) atoms. The van der Waals surface area contributed by atoms with Crippen molar-refractivity contribution in [2.45, 2.75) is 22.5 Å². The molecule has 1 fully saturated rings. The quantitative estimate of drug-likeness (QED) is 0.717. The van der Waals surface area contributed by atoms with E-state index in [-0.39, 0.29) is 17.1 Å². The molecule has 0 bridgehead atoms. The predicted molar refractivity (Wildman–Crippen MR) is 63.4 cm³/mol. The first-order chi connectivity index (χ1) is 8.90. The molecule has 2 aliphatic rings. The van der Waals surface area contributed by atoms with Crippen LogP contribution >= 0.6 is 0 Å². The van der Waals surface area contributed by atoms with E-state index in [4.69, 9.17) is 10.5 Å². The molecule has 2 N–H and O–H groups in total. The second kappa shape index (κ2) is 3.35. The van der Waals surface area contributed by atoms with Gasteiger partial charge in [-0.05, 0) is 12.5 Å². The molecule has 0 radical (unpaired) electrons. The minimum atomic E-state index is -3.40. The number of hydrogen-bond acceptors (Lipinski definition) is 5. The fraction of sp³-hybridized carbons (Fsp3) is 0.333. The Labute approximate surface area is 109 Å². The maximum absolute atomic E-state index is 12.0. The van der Waals surface area contributed by atoms with Crippen LogP contribution in [0, 0.1) is 11.3 Å². The Morgan fingerprint density at radius 3 is 2.68 bits per heavy atom. The number of rotatable bonds is 1. The van der Waals surface area contributed by atoms with Crippen molar-refractivity contribution in [2.24, 2.45) is 5.73 Å². The maximum atomic E-state index is 12.0. The van der Waals surface area contributed by atoms with Gasteiger partial charge < -0.3 is 10.5 Å². The van der Waals surface area contributed by atoms with Gasteiger partial charge in [-0.1, -0.05) is 18.2 Å². The molecule has 7 heteroatoms. The molecule has 1 aromatic rings. The molecule has 0 unspecified atom stereocenters. The van der Waals surface area contributed by atoms with E-state index in [1.54, 1.807) is 24.3 Å². The fourth-order valence-electron chi connectivity index (χ4n) is 2.72. The molecule has 3 rings (SSSR count). The lowest BCUT2D eigenvalue weighted by atomic mass is 9.84. The van der Waals surface area contributed by atoms with Crippen molar-refractivity contribution < 1.29 is 17.9 Å². The van der Waals surface area contributed by atoms with Crippen molar-refractivity contribution >= 4 is 15.7 Å². The Kier molecular flexibility index (Phi) is 2.14. The Bertz CT molecular complexity index is 736. The summed E-state index contributed by atoms with van der Waals surface area (Å²) in [6.07, 6.45) is 0.0584. The third-order valence-corrected chi connectivity index (χ3v) is 5.51. The lowest BCUT2D eigenvalue weighted by molar-refractivity contribution is -0.121. The first kappa shape index (κ1) is 12.1. The van der Waals surface area contributed by atoms with E-state index in [0.717, 1.165) is 0 Å². The van der Waals surface area contributed by atoms with Crippen LogP contribution in [0.5, 0.6) is 0 Å². The van der Waals surface area contributed by atoms with Crippen molar-refractivity contribution in [3.05, 3.63) is 29.8 Å². The van der Waals surface area contributed by atoms with E-state index < -0.39 is 26.9 Å². The third-order valence-electron chi connectivity index (χ3n) is 3.74. The average Bonchev–Trinajstić information content (AvgIpc) is 3.06. The number of nitriles is 1. The van der Waals surface area contributed by atoms with Crippen LogP contribution < -0.4 is 5.73 Å². The minimum absolute atomic E-state index is 0.0584. The summed E-state index contributed by atoms with van der Waals surface area (Å²) in [6, 6.07) is 8.05. The van der Waals surface area contributed by atoms with Crippen molar-refractivity contribution in [1.29, 1.82) is 5.26 Å². The first-order valence-corrected chi connectivity index (χ1v) is 7.28. The summed E-state index contributed by atoms with van der Waals surface area (Å²) in [7, 11) is -3.40. The molecule has 1 aromatic carbocycles. The average molecular weight is 278 g/mol. The third kappa shape index (κ3) is 1.27. The summed E-state index contributed by atoms with van der Waals surface area (Å²) in [6.45, 7) is 0. The summed E-state index contributed by atoms with van der Waals surface area (Å²) in [5.74, 6) is -1.05. The highest BCUT2D eigenvalue weighted by atomic mass is 32.2. The molecule has 0 aliphatic carbocycles. The molecule has 6 nitrogen and oxygen atoms in total. The second-order valence-corrected chi connectivity index (χ2v) is 6.73. The molecule has 1 spiro atoms. The van der Waals surface area contributed by atoms with E-state index in [1.807, 2.05) is 0 Å². The van der Waals surface area contributed by atoms with Gasteiger partial charge >= 0.3 is 0 Å². The van der Waals surface area contributed by atoms with Crippen molar-refractivity contribution in [2.75, 3.05) is 5.75 Å². The van der Waals surface area contributed by atoms with Gasteiger partial charge in [0.1, 0.15) is 11.7 Å². The summed E-state index contributed by atoms with van der Waals surface area (Å²) >= 11 is 0. The SMILES string of the molecule is N#C[C@]1(C(N)=O)O[C@@]12CCS(=O)(=O)c1ccccc12. The van der Waals surface area contributed by atoms with Gasteiger partial charge in [0.25, 0.3) is 11.5 Å². The van der Waals surface area contributed by atoms with E-state index >= 15 is 0 Å². The van der Waals surface area contributed by atoms with E-state index in [9.17, 15) is 18.5 Å². The van der Waals surface area contributed by atoms with Crippen LogP contribution in [0.25, 0.3) is 0 Å². The van der Waals surface area contributed by atoms with Gasteiger partial charge in [-0.2, -0.15) is 5.26 Å². The molecule has 98 valence electrons. The zero-order valence-corrected chi connectivity index (χ0v) is 10.6. The van der Waals surface area contributed by atoms with E-state index in [2.05, 4.69) is 0 Å². The second-order valence-electron chi connectivity index (χ2n) is 4.65. The highest BCUT2D eigenvalue weighted by molar-refractivity contribution is 7.91. The number of nitrogens with two attached hydrogens (primary N) is 1.